The third-order valence-corrected chi connectivity index (χ3v) is 4.44. The van der Waals surface area contributed by atoms with Crippen molar-refractivity contribution in [3.63, 3.8) is 0 Å². The average Bonchev–Trinajstić information content (AvgIpc) is 3.05. The highest BCUT2D eigenvalue weighted by Crippen LogP contribution is 2.10. The smallest absolute Gasteiger partial charge is 0.330 e. The van der Waals surface area contributed by atoms with Crippen molar-refractivity contribution in [1.82, 2.24) is 18.9 Å². The number of nitrogens with zero attached hydrogens (tertiary/aromatic N) is 4. The first-order chi connectivity index (χ1) is 11.0. The SMILES string of the molecule is Cn1c(CN2CCN(Cc3ccco3)CC2)cc(=O)n(C)c1=O. The van der Waals surface area contributed by atoms with Gasteiger partial charge in [0.25, 0.3) is 5.56 Å². The summed E-state index contributed by atoms with van der Waals surface area (Å²) >= 11 is 0. The van der Waals surface area contributed by atoms with Gasteiger partial charge in [-0.15, -0.1) is 0 Å². The zero-order chi connectivity index (χ0) is 16.4. The van der Waals surface area contributed by atoms with E-state index in [0.717, 1.165) is 48.7 Å². The van der Waals surface area contributed by atoms with Gasteiger partial charge in [-0.05, 0) is 12.1 Å². The van der Waals surface area contributed by atoms with Gasteiger partial charge in [0.1, 0.15) is 5.76 Å². The minimum atomic E-state index is -0.274. The fourth-order valence-electron chi connectivity index (χ4n) is 2.89. The third-order valence-electron chi connectivity index (χ3n) is 4.44. The van der Waals surface area contributed by atoms with Gasteiger partial charge in [-0.25, -0.2) is 4.79 Å². The maximum atomic E-state index is 12.0. The van der Waals surface area contributed by atoms with E-state index in [1.54, 1.807) is 23.9 Å². The molecule has 124 valence electrons. The van der Waals surface area contributed by atoms with Crippen LogP contribution in [0.25, 0.3) is 0 Å². The quantitative estimate of drug-likeness (QED) is 0.794. The maximum Gasteiger partial charge on any atom is 0.330 e. The Morgan fingerprint density at radius 2 is 1.65 bits per heavy atom. The molecule has 0 unspecified atom stereocenters. The maximum absolute atomic E-state index is 12.0. The van der Waals surface area contributed by atoms with E-state index in [9.17, 15) is 9.59 Å². The highest BCUT2D eigenvalue weighted by molar-refractivity contribution is 5.03. The molecule has 0 aliphatic carbocycles. The van der Waals surface area contributed by atoms with E-state index in [2.05, 4.69) is 9.80 Å². The summed E-state index contributed by atoms with van der Waals surface area (Å²) in [5.74, 6) is 0.979. The second kappa shape index (κ2) is 6.55. The number of aromatic nitrogens is 2. The van der Waals surface area contributed by atoms with Crippen LogP contribution in [0.2, 0.25) is 0 Å². The van der Waals surface area contributed by atoms with E-state index in [1.807, 2.05) is 12.1 Å². The molecule has 7 heteroatoms. The molecule has 1 aliphatic rings. The van der Waals surface area contributed by atoms with E-state index in [4.69, 9.17) is 4.42 Å². The van der Waals surface area contributed by atoms with Crippen molar-refractivity contribution in [2.24, 2.45) is 14.1 Å². The molecule has 1 fully saturated rings. The Hall–Kier alpha value is -2.12. The second-order valence-electron chi connectivity index (χ2n) is 6.01. The lowest BCUT2D eigenvalue weighted by Crippen LogP contribution is -2.46. The lowest BCUT2D eigenvalue weighted by Gasteiger charge is -2.34. The van der Waals surface area contributed by atoms with Gasteiger partial charge in [0.15, 0.2) is 0 Å². The summed E-state index contributed by atoms with van der Waals surface area (Å²) in [7, 11) is 3.21. The van der Waals surface area contributed by atoms with Gasteiger partial charge in [0.2, 0.25) is 0 Å². The van der Waals surface area contributed by atoms with Crippen molar-refractivity contribution in [1.29, 1.82) is 0 Å². The molecule has 23 heavy (non-hydrogen) atoms. The van der Waals surface area contributed by atoms with Crippen LogP contribution in [-0.2, 0) is 27.2 Å². The first kappa shape index (κ1) is 15.8. The normalized spacial score (nSPS) is 16.8. The fourth-order valence-corrected chi connectivity index (χ4v) is 2.89. The molecule has 0 saturated carbocycles. The third kappa shape index (κ3) is 3.46. The van der Waals surface area contributed by atoms with E-state index in [0.29, 0.717) is 6.54 Å². The second-order valence-corrected chi connectivity index (χ2v) is 6.01. The molecule has 2 aromatic rings. The summed E-state index contributed by atoms with van der Waals surface area (Å²) < 4.78 is 8.06. The van der Waals surface area contributed by atoms with E-state index >= 15 is 0 Å². The minimum absolute atomic E-state index is 0.250. The van der Waals surface area contributed by atoms with E-state index in [-0.39, 0.29) is 11.2 Å². The Morgan fingerprint density at radius 3 is 2.26 bits per heavy atom. The lowest BCUT2D eigenvalue weighted by atomic mass is 10.2. The molecule has 3 rings (SSSR count). The Morgan fingerprint density at radius 1 is 1.00 bits per heavy atom. The summed E-state index contributed by atoms with van der Waals surface area (Å²) in [6.07, 6.45) is 1.70. The predicted octanol–water partition coefficient (Wildman–Crippen LogP) is -0.00520. The van der Waals surface area contributed by atoms with Gasteiger partial charge < -0.3 is 4.42 Å². The predicted molar refractivity (Wildman–Crippen MR) is 86.2 cm³/mol. The summed E-state index contributed by atoms with van der Waals surface area (Å²) in [5, 5.41) is 0. The van der Waals surface area contributed by atoms with Crippen molar-refractivity contribution in [3.8, 4) is 0 Å². The van der Waals surface area contributed by atoms with Gasteiger partial charge in [-0.3, -0.25) is 23.7 Å². The van der Waals surface area contributed by atoms with Crippen molar-refractivity contribution < 1.29 is 4.42 Å². The summed E-state index contributed by atoms with van der Waals surface area (Å²) in [6, 6.07) is 5.44. The molecule has 0 atom stereocenters. The number of hydrogen-bond acceptors (Lipinski definition) is 5. The Labute approximate surface area is 134 Å². The Bertz CT molecular complexity index is 768. The number of rotatable bonds is 4. The van der Waals surface area contributed by atoms with E-state index < -0.39 is 0 Å². The molecule has 0 aromatic carbocycles. The van der Waals surface area contributed by atoms with Crippen molar-refractivity contribution >= 4 is 0 Å². The molecule has 0 amide bonds. The highest BCUT2D eigenvalue weighted by Gasteiger charge is 2.19. The van der Waals surface area contributed by atoms with Crippen LogP contribution < -0.4 is 11.2 Å². The molecule has 0 spiro atoms. The molecule has 1 aliphatic heterocycles. The van der Waals surface area contributed by atoms with Crippen LogP contribution in [0.1, 0.15) is 11.5 Å². The Balaban J connectivity index is 1.61. The number of hydrogen-bond donors (Lipinski definition) is 0. The van der Waals surface area contributed by atoms with Crippen LogP contribution in [0.15, 0.2) is 38.5 Å². The van der Waals surface area contributed by atoms with Crippen LogP contribution >= 0.6 is 0 Å². The fraction of sp³-hybridized carbons (Fsp3) is 0.500. The topological polar surface area (TPSA) is 63.6 Å². The Kier molecular flexibility index (Phi) is 4.49. The molecule has 0 bridgehead atoms. The van der Waals surface area contributed by atoms with Crippen LogP contribution in [0, 0.1) is 0 Å². The van der Waals surface area contributed by atoms with Crippen molar-refractivity contribution in [2.75, 3.05) is 26.2 Å². The molecule has 1 saturated heterocycles. The van der Waals surface area contributed by atoms with Crippen LogP contribution in [0.3, 0.4) is 0 Å². The molecular weight excluding hydrogens is 296 g/mol. The molecule has 2 aromatic heterocycles. The summed E-state index contributed by atoms with van der Waals surface area (Å²) in [4.78, 5) is 28.4. The molecule has 0 radical (unpaired) electrons. The number of piperazine rings is 1. The lowest BCUT2D eigenvalue weighted by molar-refractivity contribution is 0.114. The van der Waals surface area contributed by atoms with Crippen LogP contribution in [0.4, 0.5) is 0 Å². The van der Waals surface area contributed by atoms with E-state index in [1.165, 1.54) is 7.05 Å². The minimum Gasteiger partial charge on any atom is -0.468 e. The largest absolute Gasteiger partial charge is 0.468 e. The van der Waals surface area contributed by atoms with Crippen molar-refractivity contribution in [3.05, 3.63) is 56.8 Å². The molecule has 7 nitrogen and oxygen atoms in total. The zero-order valence-electron chi connectivity index (χ0n) is 13.6. The monoisotopic (exact) mass is 318 g/mol. The number of furan rings is 1. The average molecular weight is 318 g/mol. The van der Waals surface area contributed by atoms with Gasteiger partial charge in [0.05, 0.1) is 12.8 Å². The van der Waals surface area contributed by atoms with Crippen LogP contribution in [0.5, 0.6) is 0 Å². The van der Waals surface area contributed by atoms with Crippen molar-refractivity contribution in [2.45, 2.75) is 13.1 Å². The standard InChI is InChI=1S/C16H22N4O3/c1-17-13(10-15(21)18(2)16(17)22)11-19-5-7-20(8-6-19)12-14-4-3-9-23-14/h3-4,9-10H,5-8,11-12H2,1-2H3. The first-order valence-electron chi connectivity index (χ1n) is 7.77. The zero-order valence-corrected chi connectivity index (χ0v) is 13.6. The molecule has 0 N–H and O–H groups in total. The van der Waals surface area contributed by atoms with Crippen LogP contribution in [-0.4, -0.2) is 45.1 Å². The highest BCUT2D eigenvalue weighted by atomic mass is 16.3. The summed E-state index contributed by atoms with van der Waals surface area (Å²) in [5.41, 5.74) is 0.237. The van der Waals surface area contributed by atoms with Gasteiger partial charge >= 0.3 is 5.69 Å². The summed E-state index contributed by atoms with van der Waals surface area (Å²) in [6.45, 7) is 5.15. The molecule has 3 heterocycles. The van der Waals surface area contributed by atoms with Gasteiger partial charge in [-0.2, -0.15) is 0 Å². The molecular formula is C16H22N4O3. The van der Waals surface area contributed by atoms with Gasteiger partial charge in [0, 0.05) is 58.6 Å². The first-order valence-corrected chi connectivity index (χ1v) is 7.77. The van der Waals surface area contributed by atoms with Gasteiger partial charge in [-0.1, -0.05) is 0 Å².